The molecular formula is C20H20FN4O2S+. The van der Waals surface area contributed by atoms with E-state index in [4.69, 9.17) is 4.98 Å². The number of nitro groups is 1. The largest absolute Gasteiger partial charge is 0.337 e. The van der Waals surface area contributed by atoms with Crippen molar-refractivity contribution >= 4 is 22.2 Å². The summed E-state index contributed by atoms with van der Waals surface area (Å²) in [5.74, 6) is -0.244. The summed E-state index contributed by atoms with van der Waals surface area (Å²) in [5.41, 5.74) is 3.04. The van der Waals surface area contributed by atoms with Crippen LogP contribution in [0, 0.1) is 15.9 Å². The Morgan fingerprint density at radius 3 is 2.43 bits per heavy atom. The molecule has 28 heavy (non-hydrogen) atoms. The zero-order valence-corrected chi connectivity index (χ0v) is 16.0. The highest BCUT2D eigenvalue weighted by Crippen LogP contribution is 2.27. The highest BCUT2D eigenvalue weighted by molar-refractivity contribution is 7.14. The Bertz CT molecular complexity index is 951. The number of nitro benzene ring substituents is 1. The molecule has 1 aliphatic heterocycles. The molecule has 2 heterocycles. The first-order valence-electron chi connectivity index (χ1n) is 9.12. The molecule has 0 atom stereocenters. The number of quaternary nitrogens is 1. The van der Waals surface area contributed by atoms with Crippen molar-refractivity contribution in [2.45, 2.75) is 6.54 Å². The fourth-order valence-electron chi connectivity index (χ4n) is 3.38. The quantitative estimate of drug-likeness (QED) is 0.529. The summed E-state index contributed by atoms with van der Waals surface area (Å²) < 4.78 is 13.1. The van der Waals surface area contributed by atoms with Crippen LogP contribution in [0.2, 0.25) is 0 Å². The third kappa shape index (κ3) is 4.18. The van der Waals surface area contributed by atoms with Crippen molar-refractivity contribution in [1.82, 2.24) is 4.98 Å². The SMILES string of the molecule is O=[N+]([O-])c1ccc(C[NH+]2CCN(c3nc(-c4ccc(F)cc4)cs3)CC2)cc1. The molecule has 6 nitrogen and oxygen atoms in total. The van der Waals surface area contributed by atoms with Crippen LogP contribution in [0.25, 0.3) is 11.3 Å². The molecule has 1 aliphatic rings. The smallest absolute Gasteiger partial charge is 0.269 e. The van der Waals surface area contributed by atoms with Gasteiger partial charge in [-0.3, -0.25) is 10.1 Å². The molecule has 3 aromatic rings. The van der Waals surface area contributed by atoms with Gasteiger partial charge in [0.05, 0.1) is 36.8 Å². The Morgan fingerprint density at radius 2 is 1.79 bits per heavy atom. The summed E-state index contributed by atoms with van der Waals surface area (Å²) in [6.45, 7) is 4.67. The lowest BCUT2D eigenvalue weighted by Crippen LogP contribution is -3.13. The van der Waals surface area contributed by atoms with Crippen molar-refractivity contribution < 1.29 is 14.2 Å². The van der Waals surface area contributed by atoms with Crippen molar-refractivity contribution in [3.8, 4) is 11.3 Å². The van der Waals surface area contributed by atoms with Gasteiger partial charge in [-0.05, 0) is 36.4 Å². The van der Waals surface area contributed by atoms with E-state index in [1.165, 1.54) is 17.0 Å². The van der Waals surface area contributed by atoms with Crippen LogP contribution in [0.3, 0.4) is 0 Å². The minimum atomic E-state index is -0.371. The van der Waals surface area contributed by atoms with Crippen molar-refractivity contribution in [2.75, 3.05) is 31.1 Å². The van der Waals surface area contributed by atoms with Crippen LogP contribution in [0.15, 0.2) is 53.9 Å². The molecular weight excluding hydrogens is 379 g/mol. The number of rotatable bonds is 5. The molecule has 0 unspecified atom stereocenters. The second-order valence-electron chi connectivity index (χ2n) is 6.86. The zero-order valence-electron chi connectivity index (χ0n) is 15.2. The van der Waals surface area contributed by atoms with E-state index in [-0.39, 0.29) is 16.4 Å². The highest BCUT2D eigenvalue weighted by Gasteiger charge is 2.22. The first-order chi connectivity index (χ1) is 13.6. The van der Waals surface area contributed by atoms with Gasteiger partial charge in [0.15, 0.2) is 5.13 Å². The summed E-state index contributed by atoms with van der Waals surface area (Å²) in [6.07, 6.45) is 0. The van der Waals surface area contributed by atoms with E-state index in [1.807, 2.05) is 17.5 Å². The van der Waals surface area contributed by atoms with E-state index in [9.17, 15) is 14.5 Å². The fourth-order valence-corrected chi connectivity index (χ4v) is 4.27. The summed E-state index contributed by atoms with van der Waals surface area (Å²) in [6, 6.07) is 13.2. The number of halogens is 1. The van der Waals surface area contributed by atoms with Crippen molar-refractivity contribution in [1.29, 1.82) is 0 Å². The van der Waals surface area contributed by atoms with Crippen LogP contribution in [0.5, 0.6) is 0 Å². The second kappa shape index (κ2) is 8.04. The lowest BCUT2D eigenvalue weighted by molar-refractivity contribution is -0.914. The van der Waals surface area contributed by atoms with Gasteiger partial charge in [-0.1, -0.05) is 0 Å². The first-order valence-corrected chi connectivity index (χ1v) is 10.00. The molecule has 8 heteroatoms. The molecule has 0 bridgehead atoms. The average Bonchev–Trinajstić information content (AvgIpc) is 3.20. The molecule has 1 aromatic heterocycles. The molecule has 4 rings (SSSR count). The Labute approximate surface area is 166 Å². The lowest BCUT2D eigenvalue weighted by Gasteiger charge is -2.32. The number of hydrogen-bond donors (Lipinski definition) is 1. The maximum Gasteiger partial charge on any atom is 0.269 e. The average molecular weight is 399 g/mol. The van der Waals surface area contributed by atoms with Crippen LogP contribution < -0.4 is 9.80 Å². The summed E-state index contributed by atoms with van der Waals surface area (Å²) in [5, 5.41) is 13.8. The van der Waals surface area contributed by atoms with Gasteiger partial charge in [0.2, 0.25) is 0 Å². The molecule has 144 valence electrons. The van der Waals surface area contributed by atoms with Crippen molar-refractivity contribution in [3.05, 3.63) is 75.4 Å². The summed E-state index contributed by atoms with van der Waals surface area (Å²) in [4.78, 5) is 18.8. The number of piperazine rings is 1. The number of anilines is 1. The monoisotopic (exact) mass is 399 g/mol. The molecule has 0 amide bonds. The molecule has 0 aliphatic carbocycles. The topological polar surface area (TPSA) is 63.7 Å². The van der Waals surface area contributed by atoms with Crippen LogP contribution in [0.1, 0.15) is 5.56 Å². The number of hydrogen-bond acceptors (Lipinski definition) is 5. The van der Waals surface area contributed by atoms with Crippen LogP contribution in [-0.4, -0.2) is 36.1 Å². The van der Waals surface area contributed by atoms with Gasteiger partial charge in [0, 0.05) is 28.6 Å². The third-order valence-electron chi connectivity index (χ3n) is 4.97. The summed E-state index contributed by atoms with van der Waals surface area (Å²) in [7, 11) is 0. The number of nitrogens with zero attached hydrogens (tertiary/aromatic N) is 3. The minimum Gasteiger partial charge on any atom is -0.337 e. The van der Waals surface area contributed by atoms with Gasteiger partial charge < -0.3 is 9.80 Å². The molecule has 1 fully saturated rings. The lowest BCUT2D eigenvalue weighted by atomic mass is 10.2. The molecule has 0 saturated carbocycles. The fraction of sp³-hybridized carbons (Fsp3) is 0.250. The number of non-ortho nitro benzene ring substituents is 1. The Hall–Kier alpha value is -2.84. The second-order valence-corrected chi connectivity index (χ2v) is 7.70. The number of nitrogens with one attached hydrogen (secondary N) is 1. The molecule has 0 radical (unpaired) electrons. The maximum absolute atomic E-state index is 13.1. The van der Waals surface area contributed by atoms with Gasteiger partial charge >= 0.3 is 0 Å². The maximum atomic E-state index is 13.1. The molecule has 1 N–H and O–H groups in total. The number of benzene rings is 2. The van der Waals surface area contributed by atoms with Gasteiger partial charge in [0.25, 0.3) is 5.69 Å². The predicted molar refractivity (Wildman–Crippen MR) is 107 cm³/mol. The van der Waals surface area contributed by atoms with Crippen LogP contribution >= 0.6 is 11.3 Å². The van der Waals surface area contributed by atoms with E-state index < -0.39 is 0 Å². The van der Waals surface area contributed by atoms with Crippen molar-refractivity contribution in [2.24, 2.45) is 0 Å². The molecule has 2 aromatic carbocycles. The first kappa shape index (κ1) is 18.5. The summed E-state index contributed by atoms with van der Waals surface area (Å²) >= 11 is 1.61. The highest BCUT2D eigenvalue weighted by atomic mass is 32.1. The number of aromatic nitrogens is 1. The van der Waals surface area contributed by atoms with Crippen LogP contribution in [0.4, 0.5) is 15.2 Å². The van der Waals surface area contributed by atoms with Gasteiger partial charge in [-0.2, -0.15) is 0 Å². The van der Waals surface area contributed by atoms with Crippen molar-refractivity contribution in [3.63, 3.8) is 0 Å². The Balaban J connectivity index is 1.34. The Kier molecular flexibility index (Phi) is 5.31. The minimum absolute atomic E-state index is 0.129. The third-order valence-corrected chi connectivity index (χ3v) is 5.88. The normalized spacial score (nSPS) is 15.0. The molecule has 1 saturated heterocycles. The van der Waals surface area contributed by atoms with E-state index >= 15 is 0 Å². The van der Waals surface area contributed by atoms with Gasteiger partial charge in [0.1, 0.15) is 12.4 Å². The van der Waals surface area contributed by atoms with E-state index in [0.717, 1.165) is 54.7 Å². The number of thiazole rings is 1. The van der Waals surface area contributed by atoms with Gasteiger partial charge in [-0.15, -0.1) is 11.3 Å². The van der Waals surface area contributed by atoms with E-state index in [2.05, 4.69) is 4.90 Å². The van der Waals surface area contributed by atoms with Crippen LogP contribution in [-0.2, 0) is 6.54 Å². The van der Waals surface area contributed by atoms with E-state index in [0.29, 0.717) is 0 Å². The predicted octanol–water partition coefficient (Wildman–Crippen LogP) is 2.76. The molecule has 0 spiro atoms. The Morgan fingerprint density at radius 1 is 1.11 bits per heavy atom. The van der Waals surface area contributed by atoms with E-state index in [1.54, 1.807) is 35.6 Å². The standard InChI is InChI=1S/C20H19FN4O2S/c21-17-5-3-16(4-6-17)19-14-28-20(22-19)24-11-9-23(10-12-24)13-15-1-7-18(8-2-15)25(26)27/h1-8,14H,9-13H2/p+1. The van der Waals surface area contributed by atoms with Gasteiger partial charge in [-0.25, -0.2) is 9.37 Å². The zero-order chi connectivity index (χ0) is 19.5.